The zero-order valence-corrected chi connectivity index (χ0v) is 19.4. The van der Waals surface area contributed by atoms with Crippen LogP contribution in [-0.4, -0.2) is 23.3 Å². The first kappa shape index (κ1) is 23.5. The van der Waals surface area contributed by atoms with Crippen LogP contribution in [-0.2, 0) is 6.61 Å². The number of aromatic amines is 1. The maximum atomic E-state index is 12.4. The molecule has 8 nitrogen and oxygen atoms in total. The molecule has 4 aromatic rings. The van der Waals surface area contributed by atoms with Crippen molar-refractivity contribution in [2.75, 3.05) is 12.5 Å². The summed E-state index contributed by atoms with van der Waals surface area (Å²) in [7, 11) is 1.59. The fourth-order valence-electron chi connectivity index (χ4n) is 3.29. The van der Waals surface area contributed by atoms with Gasteiger partial charge in [0.1, 0.15) is 29.7 Å². The summed E-state index contributed by atoms with van der Waals surface area (Å²) in [6, 6.07) is 23.6. The Morgan fingerprint density at radius 2 is 1.91 bits per heavy atom. The molecule has 0 saturated carbocycles. The zero-order valence-electron chi connectivity index (χ0n) is 18.7. The number of nitrogens with zero attached hydrogens (tertiary/aromatic N) is 3. The predicted octanol–water partition coefficient (Wildman–Crippen LogP) is 5.00. The van der Waals surface area contributed by atoms with E-state index in [2.05, 4.69) is 20.5 Å². The molecule has 0 amide bonds. The molecule has 35 heavy (non-hydrogen) atoms. The van der Waals surface area contributed by atoms with Crippen LogP contribution >= 0.6 is 11.6 Å². The predicted molar refractivity (Wildman–Crippen MR) is 135 cm³/mol. The van der Waals surface area contributed by atoms with Gasteiger partial charge in [0.15, 0.2) is 0 Å². The number of anilines is 1. The Morgan fingerprint density at radius 1 is 1.14 bits per heavy atom. The first-order valence-corrected chi connectivity index (χ1v) is 10.9. The summed E-state index contributed by atoms with van der Waals surface area (Å²) in [6.45, 7) is 0.283. The lowest BCUT2D eigenvalue weighted by atomic mass is 10.1. The summed E-state index contributed by atoms with van der Waals surface area (Å²) >= 11 is 5.92. The second-order valence-corrected chi connectivity index (χ2v) is 7.74. The van der Waals surface area contributed by atoms with Gasteiger partial charge in [0.05, 0.1) is 19.0 Å². The Hall–Kier alpha value is -4.61. The second-order valence-electron chi connectivity index (χ2n) is 7.30. The summed E-state index contributed by atoms with van der Waals surface area (Å²) in [4.78, 5) is 19.3. The second kappa shape index (κ2) is 11.0. The first-order valence-electron chi connectivity index (χ1n) is 10.5. The maximum absolute atomic E-state index is 12.4. The Kier molecular flexibility index (Phi) is 7.40. The SMILES string of the molecule is COc1ccc(C=NNc2nc(-c3ccccc3)c(C#N)c(=O)[nH]2)cc1COc1ccc(Cl)cc1. The monoisotopic (exact) mass is 485 g/mol. The molecule has 2 N–H and O–H groups in total. The molecule has 4 rings (SSSR count). The maximum Gasteiger partial charge on any atom is 0.270 e. The van der Waals surface area contributed by atoms with Crippen LogP contribution < -0.4 is 20.5 Å². The number of hydrazone groups is 1. The molecule has 0 aliphatic rings. The number of hydrogen-bond acceptors (Lipinski definition) is 7. The van der Waals surface area contributed by atoms with E-state index in [1.54, 1.807) is 49.7 Å². The van der Waals surface area contributed by atoms with Crippen molar-refractivity contribution in [2.45, 2.75) is 6.61 Å². The van der Waals surface area contributed by atoms with Crippen molar-refractivity contribution in [3.8, 4) is 28.8 Å². The van der Waals surface area contributed by atoms with Crippen molar-refractivity contribution >= 4 is 23.8 Å². The van der Waals surface area contributed by atoms with E-state index in [-0.39, 0.29) is 23.8 Å². The molecule has 0 bridgehead atoms. The Balaban J connectivity index is 1.52. The molecule has 0 spiro atoms. The lowest BCUT2D eigenvalue weighted by molar-refractivity contribution is 0.296. The van der Waals surface area contributed by atoms with Gasteiger partial charge in [0.25, 0.3) is 5.56 Å². The zero-order chi connectivity index (χ0) is 24.6. The van der Waals surface area contributed by atoms with Gasteiger partial charge < -0.3 is 9.47 Å². The summed E-state index contributed by atoms with van der Waals surface area (Å²) in [5, 5.41) is 14.2. The number of aromatic nitrogens is 2. The quantitative estimate of drug-likeness (QED) is 0.268. The van der Waals surface area contributed by atoms with E-state index in [9.17, 15) is 10.1 Å². The van der Waals surface area contributed by atoms with Crippen LogP contribution in [0.3, 0.4) is 0 Å². The number of hydrogen-bond donors (Lipinski definition) is 2. The molecule has 1 aromatic heterocycles. The highest BCUT2D eigenvalue weighted by Crippen LogP contribution is 2.23. The van der Waals surface area contributed by atoms with E-state index in [4.69, 9.17) is 21.1 Å². The normalized spacial score (nSPS) is 10.7. The topological polar surface area (TPSA) is 112 Å². The van der Waals surface area contributed by atoms with Crippen molar-refractivity contribution < 1.29 is 9.47 Å². The summed E-state index contributed by atoms with van der Waals surface area (Å²) in [5.74, 6) is 1.47. The molecule has 0 aliphatic heterocycles. The van der Waals surface area contributed by atoms with Gasteiger partial charge in [-0.15, -0.1) is 0 Å². The third-order valence-electron chi connectivity index (χ3n) is 4.97. The van der Waals surface area contributed by atoms with Crippen LogP contribution in [0, 0.1) is 11.3 Å². The van der Waals surface area contributed by atoms with Crippen molar-refractivity contribution in [1.29, 1.82) is 5.26 Å². The standard InChI is InChI=1S/C26H20ClN5O3/c1-34-23-12-7-17(13-19(23)16-35-21-10-8-20(27)9-11-21)15-29-32-26-30-24(18-5-3-2-4-6-18)22(14-28)25(33)31-26/h2-13,15H,16H2,1H3,(H2,30,31,32,33). The average Bonchev–Trinajstić information content (AvgIpc) is 2.88. The Morgan fingerprint density at radius 3 is 2.63 bits per heavy atom. The van der Waals surface area contributed by atoms with E-state index in [1.807, 2.05) is 42.5 Å². The van der Waals surface area contributed by atoms with Crippen molar-refractivity contribution in [3.63, 3.8) is 0 Å². The number of ether oxygens (including phenoxy) is 2. The number of nitriles is 1. The van der Waals surface area contributed by atoms with Gasteiger partial charge in [-0.25, -0.2) is 10.4 Å². The van der Waals surface area contributed by atoms with Crippen LogP contribution in [0.15, 0.2) is 82.7 Å². The molecular weight excluding hydrogens is 466 g/mol. The molecule has 0 saturated heterocycles. The van der Waals surface area contributed by atoms with Crippen LogP contribution in [0.5, 0.6) is 11.5 Å². The van der Waals surface area contributed by atoms with Crippen LogP contribution in [0.1, 0.15) is 16.7 Å². The molecule has 0 aliphatic carbocycles. The van der Waals surface area contributed by atoms with Gasteiger partial charge in [-0.3, -0.25) is 9.78 Å². The molecule has 0 atom stereocenters. The number of nitrogens with one attached hydrogen (secondary N) is 2. The molecule has 0 fully saturated rings. The van der Waals surface area contributed by atoms with Gasteiger partial charge in [-0.2, -0.15) is 10.4 Å². The first-order chi connectivity index (χ1) is 17.1. The molecule has 0 unspecified atom stereocenters. The lowest BCUT2D eigenvalue weighted by Gasteiger charge is -2.11. The Labute approximate surface area is 206 Å². The summed E-state index contributed by atoms with van der Waals surface area (Å²) in [6.07, 6.45) is 1.58. The summed E-state index contributed by atoms with van der Waals surface area (Å²) < 4.78 is 11.3. The van der Waals surface area contributed by atoms with E-state index in [1.165, 1.54) is 0 Å². The van der Waals surface area contributed by atoms with Crippen molar-refractivity contribution in [3.05, 3.63) is 105 Å². The van der Waals surface area contributed by atoms with Gasteiger partial charge in [0.2, 0.25) is 5.95 Å². The van der Waals surface area contributed by atoms with Gasteiger partial charge in [0, 0.05) is 16.1 Å². The fraction of sp³-hybridized carbons (Fsp3) is 0.0769. The number of benzene rings is 3. The minimum atomic E-state index is -0.551. The van der Waals surface area contributed by atoms with E-state index >= 15 is 0 Å². The highest BCUT2D eigenvalue weighted by molar-refractivity contribution is 6.30. The third kappa shape index (κ3) is 5.85. The molecular formula is C26H20ClN5O3. The highest BCUT2D eigenvalue weighted by Gasteiger charge is 2.13. The van der Waals surface area contributed by atoms with Gasteiger partial charge in [-0.1, -0.05) is 41.9 Å². The number of halogens is 1. The van der Waals surface area contributed by atoms with E-state index in [0.29, 0.717) is 22.1 Å². The van der Waals surface area contributed by atoms with Crippen LogP contribution in [0.2, 0.25) is 5.02 Å². The highest BCUT2D eigenvalue weighted by atomic mass is 35.5. The van der Waals surface area contributed by atoms with Crippen molar-refractivity contribution in [1.82, 2.24) is 9.97 Å². The number of rotatable bonds is 8. The largest absolute Gasteiger partial charge is 0.496 e. The van der Waals surface area contributed by atoms with Gasteiger partial charge in [-0.05, 0) is 48.0 Å². The Bertz CT molecular complexity index is 1450. The van der Waals surface area contributed by atoms with Crippen molar-refractivity contribution in [2.24, 2.45) is 5.10 Å². The third-order valence-corrected chi connectivity index (χ3v) is 5.23. The molecule has 1 heterocycles. The molecule has 174 valence electrons. The number of methoxy groups -OCH3 is 1. The minimum absolute atomic E-state index is 0.0637. The summed E-state index contributed by atoms with van der Waals surface area (Å²) in [5.41, 5.74) is 4.64. The molecule has 3 aromatic carbocycles. The van der Waals surface area contributed by atoms with Gasteiger partial charge >= 0.3 is 0 Å². The smallest absolute Gasteiger partial charge is 0.270 e. The minimum Gasteiger partial charge on any atom is -0.496 e. The van der Waals surface area contributed by atoms with E-state index < -0.39 is 5.56 Å². The van der Waals surface area contributed by atoms with Crippen LogP contribution in [0.4, 0.5) is 5.95 Å². The molecule has 9 heteroatoms. The fourth-order valence-corrected chi connectivity index (χ4v) is 3.41. The van der Waals surface area contributed by atoms with E-state index in [0.717, 1.165) is 11.1 Å². The van der Waals surface area contributed by atoms with Crippen LogP contribution in [0.25, 0.3) is 11.3 Å². The lowest BCUT2D eigenvalue weighted by Crippen LogP contribution is -2.16. The molecule has 0 radical (unpaired) electrons. The average molecular weight is 486 g/mol. The number of H-pyrrole nitrogens is 1.